The van der Waals surface area contributed by atoms with Crippen molar-refractivity contribution >= 4 is 17.8 Å². The van der Waals surface area contributed by atoms with E-state index >= 15 is 0 Å². The van der Waals surface area contributed by atoms with Crippen LogP contribution in [0.25, 0.3) is 0 Å². The summed E-state index contributed by atoms with van der Waals surface area (Å²) < 4.78 is 33.2. The monoisotopic (exact) mass is 558 g/mol. The van der Waals surface area contributed by atoms with Crippen LogP contribution in [0.2, 0.25) is 0 Å². The largest absolute Gasteiger partial charge is 0.493 e. The zero-order chi connectivity index (χ0) is 28.9. The van der Waals surface area contributed by atoms with Gasteiger partial charge in [-0.15, -0.1) is 0 Å². The number of hydrogen-bond acceptors (Lipinski definition) is 10. The molecule has 40 heavy (non-hydrogen) atoms. The van der Waals surface area contributed by atoms with Crippen molar-refractivity contribution in [3.63, 3.8) is 0 Å². The van der Waals surface area contributed by atoms with Crippen molar-refractivity contribution in [3.05, 3.63) is 48.3 Å². The van der Waals surface area contributed by atoms with E-state index in [1.807, 2.05) is 30.3 Å². The van der Waals surface area contributed by atoms with Gasteiger partial charge in [-0.3, -0.25) is 4.79 Å². The third kappa shape index (κ3) is 8.65. The number of pyridine rings is 1. The topological polar surface area (TPSA) is 132 Å². The molecule has 1 N–H and O–H groups in total. The number of hydrogen-bond donors (Lipinski definition) is 1. The van der Waals surface area contributed by atoms with Gasteiger partial charge in [-0.1, -0.05) is 24.6 Å². The van der Waals surface area contributed by atoms with Gasteiger partial charge in [-0.25, -0.2) is 14.6 Å². The van der Waals surface area contributed by atoms with Gasteiger partial charge in [0.15, 0.2) is 11.4 Å². The summed E-state index contributed by atoms with van der Waals surface area (Å²) in [5.74, 6) is -1.31. The molecule has 1 fully saturated rings. The minimum Gasteiger partial charge on any atom is -0.493 e. The molecule has 0 spiro atoms. The molecule has 0 aliphatic carbocycles. The minimum atomic E-state index is -0.950. The number of para-hydroxylation sites is 1. The third-order valence-electron chi connectivity index (χ3n) is 6.54. The van der Waals surface area contributed by atoms with E-state index in [0.29, 0.717) is 31.8 Å². The third-order valence-corrected chi connectivity index (χ3v) is 6.54. The number of amides is 1. The molecule has 11 nitrogen and oxygen atoms in total. The molecular formula is C29H38N2O9. The molecule has 2 aromatic rings. The van der Waals surface area contributed by atoms with Gasteiger partial charge in [0.2, 0.25) is 5.75 Å². The Bertz CT molecular complexity index is 1110. The normalized spacial score (nSPS) is 21.2. The van der Waals surface area contributed by atoms with E-state index < -0.39 is 36.1 Å². The van der Waals surface area contributed by atoms with Crippen LogP contribution in [0, 0.1) is 5.92 Å². The maximum absolute atomic E-state index is 13.3. The maximum Gasteiger partial charge on any atom is 0.337 e. The number of cyclic esters (lactones) is 1. The van der Waals surface area contributed by atoms with Gasteiger partial charge in [0, 0.05) is 38.5 Å². The number of benzene rings is 1. The lowest BCUT2D eigenvalue weighted by atomic mass is 9.89. The maximum atomic E-state index is 13.3. The Morgan fingerprint density at radius 1 is 1.12 bits per heavy atom. The lowest BCUT2D eigenvalue weighted by Crippen LogP contribution is -2.45. The number of rotatable bonds is 12. The van der Waals surface area contributed by atoms with Crippen molar-refractivity contribution in [2.75, 3.05) is 34.0 Å². The summed E-state index contributed by atoms with van der Waals surface area (Å²) in [5, 5.41) is 2.71. The molecule has 1 saturated heterocycles. The molecule has 11 heteroatoms. The van der Waals surface area contributed by atoms with Crippen LogP contribution >= 0.6 is 0 Å². The fourth-order valence-corrected chi connectivity index (χ4v) is 4.55. The lowest BCUT2D eigenvalue weighted by Gasteiger charge is -2.31. The first kappa shape index (κ1) is 30.8. The van der Waals surface area contributed by atoms with Crippen LogP contribution in [-0.2, 0) is 23.8 Å². The van der Waals surface area contributed by atoms with Crippen LogP contribution in [0.4, 0.5) is 0 Å². The highest BCUT2D eigenvalue weighted by Crippen LogP contribution is 2.31. The second kappa shape index (κ2) is 15.8. The van der Waals surface area contributed by atoms with Crippen LogP contribution in [0.5, 0.6) is 17.2 Å². The first-order chi connectivity index (χ1) is 19.4. The quantitative estimate of drug-likeness (QED) is 0.387. The summed E-state index contributed by atoms with van der Waals surface area (Å²) in [6.07, 6.45) is 2.75. The smallest absolute Gasteiger partial charge is 0.337 e. The second-order valence-corrected chi connectivity index (χ2v) is 9.34. The van der Waals surface area contributed by atoms with E-state index in [4.69, 9.17) is 28.4 Å². The van der Waals surface area contributed by atoms with E-state index in [1.54, 1.807) is 21.0 Å². The standard InChI is InChI=1S/C29H38N2O9/c1-5-37-18-24(32)40-27-23(36-4)14-16-30-25(27)28(33)31-22-13-9-10-20(15-17-35-3)26(19(2)38-29(22)34)39-21-11-7-6-8-12-21/h6-8,11-12,14,16,19-20,22,26H,5,9-10,13,15,17-18H2,1-4H3,(H,31,33). The Morgan fingerprint density at radius 3 is 2.60 bits per heavy atom. The first-order valence-corrected chi connectivity index (χ1v) is 13.4. The van der Waals surface area contributed by atoms with Crippen molar-refractivity contribution in [2.45, 2.75) is 57.8 Å². The van der Waals surface area contributed by atoms with Crippen molar-refractivity contribution in [3.8, 4) is 17.2 Å². The van der Waals surface area contributed by atoms with Crippen LogP contribution in [0.3, 0.4) is 0 Å². The molecule has 1 aromatic carbocycles. The summed E-state index contributed by atoms with van der Waals surface area (Å²) in [6, 6.07) is 9.89. The van der Waals surface area contributed by atoms with Gasteiger partial charge in [-0.05, 0) is 45.2 Å². The summed E-state index contributed by atoms with van der Waals surface area (Å²) in [6.45, 7) is 4.07. The fourth-order valence-electron chi connectivity index (χ4n) is 4.55. The van der Waals surface area contributed by atoms with Gasteiger partial charge < -0.3 is 33.7 Å². The lowest BCUT2D eigenvalue weighted by molar-refractivity contribution is -0.156. The number of methoxy groups -OCH3 is 2. The van der Waals surface area contributed by atoms with Crippen molar-refractivity contribution in [2.24, 2.45) is 5.92 Å². The van der Waals surface area contributed by atoms with Crippen molar-refractivity contribution in [1.29, 1.82) is 0 Å². The highest BCUT2D eigenvalue weighted by atomic mass is 16.6. The van der Waals surface area contributed by atoms with E-state index in [2.05, 4.69) is 10.3 Å². The molecule has 2 heterocycles. The molecule has 1 aliphatic heterocycles. The average molecular weight is 559 g/mol. The number of nitrogens with zero attached hydrogens (tertiary/aromatic N) is 1. The molecule has 4 atom stereocenters. The van der Waals surface area contributed by atoms with Gasteiger partial charge in [0.1, 0.15) is 30.6 Å². The molecular weight excluding hydrogens is 520 g/mol. The van der Waals surface area contributed by atoms with Crippen LogP contribution < -0.4 is 19.5 Å². The fraction of sp³-hybridized carbons (Fsp3) is 0.517. The predicted molar refractivity (Wildman–Crippen MR) is 144 cm³/mol. The van der Waals surface area contributed by atoms with E-state index in [1.165, 1.54) is 19.4 Å². The van der Waals surface area contributed by atoms with E-state index in [0.717, 1.165) is 12.8 Å². The van der Waals surface area contributed by atoms with Crippen molar-refractivity contribution in [1.82, 2.24) is 10.3 Å². The Kier molecular flexibility index (Phi) is 12.2. The molecule has 0 radical (unpaired) electrons. The minimum absolute atomic E-state index is 0.0498. The SMILES string of the molecule is CCOCC(=O)Oc1c(OC)ccnc1C(=O)NC1CCCC(CCOC)C(Oc2ccccc2)C(C)OC1=O. The summed E-state index contributed by atoms with van der Waals surface area (Å²) in [5.41, 5.74) is -0.201. The molecule has 4 unspecified atom stereocenters. The molecule has 3 rings (SSSR count). The zero-order valence-corrected chi connectivity index (χ0v) is 23.4. The summed E-state index contributed by atoms with van der Waals surface area (Å²) in [7, 11) is 3.02. The summed E-state index contributed by atoms with van der Waals surface area (Å²) >= 11 is 0. The van der Waals surface area contributed by atoms with Gasteiger partial charge in [0.25, 0.3) is 5.91 Å². The first-order valence-electron chi connectivity index (χ1n) is 13.4. The second-order valence-electron chi connectivity index (χ2n) is 9.34. The molecule has 0 bridgehead atoms. The molecule has 1 aromatic heterocycles. The molecule has 1 aliphatic rings. The number of carbonyl (C=O) groups excluding carboxylic acids is 3. The predicted octanol–water partition coefficient (Wildman–Crippen LogP) is 3.35. The molecule has 1 amide bonds. The summed E-state index contributed by atoms with van der Waals surface area (Å²) in [4.78, 5) is 42.9. The Morgan fingerprint density at radius 2 is 1.90 bits per heavy atom. The molecule has 218 valence electrons. The van der Waals surface area contributed by atoms with Crippen LogP contribution in [0.1, 0.15) is 50.0 Å². The zero-order valence-electron chi connectivity index (χ0n) is 23.4. The number of nitrogens with one attached hydrogen (secondary N) is 1. The Balaban J connectivity index is 1.79. The molecule has 0 saturated carbocycles. The van der Waals surface area contributed by atoms with Gasteiger partial charge >= 0.3 is 11.9 Å². The Labute approximate surface area is 234 Å². The number of aromatic nitrogens is 1. The highest BCUT2D eigenvalue weighted by molar-refractivity contribution is 5.98. The highest BCUT2D eigenvalue weighted by Gasteiger charge is 2.36. The number of esters is 2. The number of carbonyl (C=O) groups is 3. The Hall–Kier alpha value is -3.70. The van der Waals surface area contributed by atoms with Crippen LogP contribution in [-0.4, -0.2) is 75.1 Å². The van der Waals surface area contributed by atoms with Gasteiger partial charge in [0.05, 0.1) is 7.11 Å². The van der Waals surface area contributed by atoms with Crippen LogP contribution in [0.15, 0.2) is 42.6 Å². The van der Waals surface area contributed by atoms with E-state index in [-0.39, 0.29) is 29.7 Å². The number of ether oxygens (including phenoxy) is 6. The average Bonchev–Trinajstić information content (AvgIpc) is 3.00. The van der Waals surface area contributed by atoms with Crippen molar-refractivity contribution < 1.29 is 42.8 Å². The van der Waals surface area contributed by atoms with E-state index in [9.17, 15) is 14.4 Å². The van der Waals surface area contributed by atoms with Gasteiger partial charge in [-0.2, -0.15) is 0 Å².